The van der Waals surface area contributed by atoms with Crippen molar-refractivity contribution in [3.8, 4) is 0 Å². The van der Waals surface area contributed by atoms with Gasteiger partial charge in [-0.15, -0.1) is 0 Å². The molecule has 0 radical (unpaired) electrons. The lowest BCUT2D eigenvalue weighted by Crippen LogP contribution is -2.50. The fourth-order valence-electron chi connectivity index (χ4n) is 3.10. The second-order valence-electron chi connectivity index (χ2n) is 7.37. The molecule has 3 N–H and O–H groups in total. The first-order valence-electron chi connectivity index (χ1n) is 11.5. The van der Waals surface area contributed by atoms with Crippen LogP contribution in [-0.2, 0) is 38.0 Å². The second kappa shape index (κ2) is 17.2. The van der Waals surface area contributed by atoms with E-state index in [2.05, 4.69) is 16.0 Å². The van der Waals surface area contributed by atoms with Crippen LogP contribution in [0.2, 0.25) is 0 Å². The predicted octanol–water partition coefficient (Wildman–Crippen LogP) is -0.270. The summed E-state index contributed by atoms with van der Waals surface area (Å²) in [6, 6.07) is 0. The summed E-state index contributed by atoms with van der Waals surface area (Å²) in [6.07, 6.45) is -1.32. The number of amides is 4. The molecule has 36 heavy (non-hydrogen) atoms. The second-order valence-corrected chi connectivity index (χ2v) is 7.37. The lowest BCUT2D eigenvalue weighted by atomic mass is 10.0. The lowest BCUT2D eigenvalue weighted by Gasteiger charge is -2.41. The quantitative estimate of drug-likeness (QED) is 0.119. The molecule has 0 bridgehead atoms. The van der Waals surface area contributed by atoms with Gasteiger partial charge in [0.15, 0.2) is 5.79 Å². The number of nitrogens with one attached hydrogen (secondary N) is 3. The van der Waals surface area contributed by atoms with Gasteiger partial charge in [0.1, 0.15) is 26.4 Å². The van der Waals surface area contributed by atoms with Gasteiger partial charge in [0.2, 0.25) is 5.91 Å². The molecule has 1 saturated heterocycles. The average molecular weight is 521 g/mol. The topological polar surface area (TPSA) is 180 Å². The first-order chi connectivity index (χ1) is 17.2. The highest BCUT2D eigenvalue weighted by Crippen LogP contribution is 2.28. The van der Waals surface area contributed by atoms with Crippen molar-refractivity contribution < 1.29 is 52.4 Å². The third-order valence-electron chi connectivity index (χ3n) is 4.98. The average Bonchev–Trinajstić information content (AvgIpc) is 2.90. The van der Waals surface area contributed by atoms with Crippen LogP contribution >= 0.6 is 0 Å². The number of esters is 1. The van der Waals surface area contributed by atoms with Crippen molar-refractivity contribution >= 4 is 30.2 Å². The Balaban J connectivity index is 2.46. The SMILES string of the molecule is CNC(=O)OCCOC(=O)CCC(=O)N1CCC(OCCOC(=O)NC)(OCCOC(=O)NC)CC1. The highest BCUT2D eigenvalue weighted by Gasteiger charge is 2.38. The molecule has 1 fully saturated rings. The smallest absolute Gasteiger partial charge is 0.406 e. The van der Waals surface area contributed by atoms with Gasteiger partial charge >= 0.3 is 24.2 Å². The maximum atomic E-state index is 12.5. The van der Waals surface area contributed by atoms with E-state index in [0.29, 0.717) is 25.9 Å². The molecule has 0 atom stereocenters. The molecule has 1 rings (SSSR count). The zero-order valence-electron chi connectivity index (χ0n) is 20.9. The molecule has 0 unspecified atom stereocenters. The van der Waals surface area contributed by atoms with Gasteiger partial charge in [0.05, 0.1) is 19.6 Å². The molecule has 15 heteroatoms. The minimum atomic E-state index is -1.06. The minimum absolute atomic E-state index is 0.00155. The minimum Gasteiger partial charge on any atom is -0.462 e. The summed E-state index contributed by atoms with van der Waals surface area (Å²) < 4.78 is 31.2. The van der Waals surface area contributed by atoms with E-state index in [0.717, 1.165) is 0 Å². The van der Waals surface area contributed by atoms with Crippen LogP contribution in [0, 0.1) is 0 Å². The van der Waals surface area contributed by atoms with Gasteiger partial charge in [0, 0.05) is 53.5 Å². The molecule has 0 aliphatic carbocycles. The van der Waals surface area contributed by atoms with Crippen LogP contribution in [0.15, 0.2) is 0 Å². The monoisotopic (exact) mass is 520 g/mol. The number of nitrogens with zero attached hydrogens (tertiary/aromatic N) is 1. The fraction of sp³-hybridized carbons (Fsp3) is 0.762. The molecule has 15 nitrogen and oxygen atoms in total. The van der Waals surface area contributed by atoms with Crippen molar-refractivity contribution in [3.05, 3.63) is 0 Å². The van der Waals surface area contributed by atoms with Crippen molar-refractivity contribution in [1.82, 2.24) is 20.9 Å². The Labute approximate surface area is 209 Å². The summed E-state index contributed by atoms with van der Waals surface area (Å²) in [4.78, 5) is 59.3. The van der Waals surface area contributed by atoms with Gasteiger partial charge in [-0.05, 0) is 0 Å². The molecule has 1 aliphatic heterocycles. The molecule has 0 aromatic heterocycles. The van der Waals surface area contributed by atoms with Gasteiger partial charge in [-0.2, -0.15) is 0 Å². The molecule has 1 heterocycles. The Morgan fingerprint density at radius 2 is 1.06 bits per heavy atom. The number of rotatable bonds is 14. The third kappa shape index (κ3) is 12.4. The molecule has 4 amide bonds. The predicted molar refractivity (Wildman–Crippen MR) is 122 cm³/mol. The van der Waals surface area contributed by atoms with Crippen LogP contribution in [0.25, 0.3) is 0 Å². The Morgan fingerprint density at radius 3 is 1.50 bits per heavy atom. The highest BCUT2D eigenvalue weighted by atomic mass is 16.7. The fourth-order valence-corrected chi connectivity index (χ4v) is 3.10. The summed E-state index contributed by atoms with van der Waals surface area (Å²) in [5.74, 6) is -1.86. The van der Waals surface area contributed by atoms with Crippen LogP contribution in [0.5, 0.6) is 0 Å². The summed E-state index contributed by atoms with van der Waals surface area (Å²) in [5, 5.41) is 6.92. The number of hydrogen-bond acceptors (Lipinski definition) is 11. The third-order valence-corrected chi connectivity index (χ3v) is 4.98. The molecule has 1 aliphatic rings. The number of carbonyl (C=O) groups is 5. The zero-order chi connectivity index (χ0) is 26.8. The van der Waals surface area contributed by atoms with Crippen LogP contribution in [0.4, 0.5) is 14.4 Å². The van der Waals surface area contributed by atoms with Crippen molar-refractivity contribution in [2.24, 2.45) is 0 Å². The molecule has 0 aromatic rings. The Bertz CT molecular complexity index is 701. The van der Waals surface area contributed by atoms with Crippen molar-refractivity contribution in [2.45, 2.75) is 31.5 Å². The van der Waals surface area contributed by atoms with E-state index >= 15 is 0 Å². The summed E-state index contributed by atoms with van der Waals surface area (Å²) in [5.41, 5.74) is 0. The van der Waals surface area contributed by atoms with Gasteiger partial charge in [-0.3, -0.25) is 9.59 Å². The summed E-state index contributed by atoms with van der Waals surface area (Å²) in [7, 11) is 4.29. The van der Waals surface area contributed by atoms with Gasteiger partial charge in [0.25, 0.3) is 0 Å². The maximum absolute atomic E-state index is 12.5. The number of carbonyl (C=O) groups excluding carboxylic acids is 5. The lowest BCUT2D eigenvalue weighted by molar-refractivity contribution is -0.261. The standard InChI is InChI=1S/C21H36N4O11/c1-22-18(28)32-11-10-31-17(27)5-4-16(26)25-8-6-21(7-9-25,35-14-12-33-19(29)23-2)36-15-13-34-20(30)24-3/h4-15H2,1-3H3,(H,22,28)(H,23,29)(H,24,30). The first kappa shape index (κ1) is 30.7. The Hall–Kier alpha value is -3.33. The van der Waals surface area contributed by atoms with E-state index in [9.17, 15) is 24.0 Å². The normalized spacial score (nSPS) is 14.2. The van der Waals surface area contributed by atoms with Crippen LogP contribution in [0.3, 0.4) is 0 Å². The molecule has 206 valence electrons. The molecule has 0 spiro atoms. The van der Waals surface area contributed by atoms with Crippen molar-refractivity contribution in [2.75, 3.05) is 73.9 Å². The Morgan fingerprint density at radius 1 is 0.639 bits per heavy atom. The van der Waals surface area contributed by atoms with Crippen LogP contribution in [-0.4, -0.2) is 115 Å². The van der Waals surface area contributed by atoms with E-state index in [1.54, 1.807) is 4.90 Å². The maximum Gasteiger partial charge on any atom is 0.406 e. The molecular weight excluding hydrogens is 484 g/mol. The highest BCUT2D eigenvalue weighted by molar-refractivity contribution is 5.81. The molecule has 0 aromatic carbocycles. The number of ether oxygens (including phenoxy) is 6. The number of likely N-dealkylation sites (tertiary alicyclic amines) is 1. The van der Waals surface area contributed by atoms with E-state index in [1.807, 2.05) is 0 Å². The van der Waals surface area contributed by atoms with Crippen molar-refractivity contribution in [1.29, 1.82) is 0 Å². The number of hydrogen-bond donors (Lipinski definition) is 3. The van der Waals surface area contributed by atoms with E-state index in [1.165, 1.54) is 21.1 Å². The number of alkyl carbamates (subject to hydrolysis) is 3. The van der Waals surface area contributed by atoms with Crippen molar-refractivity contribution in [3.63, 3.8) is 0 Å². The van der Waals surface area contributed by atoms with Crippen LogP contribution in [0.1, 0.15) is 25.7 Å². The van der Waals surface area contributed by atoms with E-state index in [4.69, 9.17) is 28.4 Å². The first-order valence-corrected chi connectivity index (χ1v) is 11.5. The van der Waals surface area contributed by atoms with E-state index in [-0.39, 0.29) is 58.4 Å². The van der Waals surface area contributed by atoms with Gasteiger partial charge in [-0.25, -0.2) is 14.4 Å². The zero-order valence-corrected chi connectivity index (χ0v) is 20.9. The van der Waals surface area contributed by atoms with Gasteiger partial charge < -0.3 is 49.3 Å². The van der Waals surface area contributed by atoms with Gasteiger partial charge in [-0.1, -0.05) is 0 Å². The van der Waals surface area contributed by atoms with E-state index < -0.39 is 30.0 Å². The molecule has 0 saturated carbocycles. The summed E-state index contributed by atoms with van der Waals surface area (Å²) in [6.45, 7) is 0.544. The number of piperidine rings is 1. The summed E-state index contributed by atoms with van der Waals surface area (Å²) >= 11 is 0. The van der Waals surface area contributed by atoms with Crippen LogP contribution < -0.4 is 16.0 Å². The Kier molecular flexibility index (Phi) is 14.6. The largest absolute Gasteiger partial charge is 0.462 e. The molecular formula is C21H36N4O11.